The fourth-order valence-corrected chi connectivity index (χ4v) is 1.75. The van der Waals surface area contributed by atoms with Gasteiger partial charge in [-0.2, -0.15) is 0 Å². The Balaban J connectivity index is 2.32. The standard InChI is InChI=1S/C15H20N4O/c1-10-6-5-7-12(17-10)14-18-11(8-13(20)19-14)9-16-15(2,3)4/h5-8,16H,9H2,1-4H3,(H,18,19,20). The Labute approximate surface area is 118 Å². The quantitative estimate of drug-likeness (QED) is 0.897. The van der Waals surface area contributed by atoms with E-state index in [1.165, 1.54) is 6.07 Å². The number of aryl methyl sites for hydroxylation is 1. The maximum absolute atomic E-state index is 11.7. The number of nitrogens with zero attached hydrogens (tertiary/aromatic N) is 2. The number of H-pyrrole nitrogens is 1. The molecule has 0 saturated carbocycles. The summed E-state index contributed by atoms with van der Waals surface area (Å²) >= 11 is 0. The number of pyridine rings is 1. The van der Waals surface area contributed by atoms with Gasteiger partial charge in [0.25, 0.3) is 5.56 Å². The number of hydrogen-bond acceptors (Lipinski definition) is 4. The maximum atomic E-state index is 11.7. The minimum Gasteiger partial charge on any atom is -0.306 e. The van der Waals surface area contributed by atoms with Crippen molar-refractivity contribution >= 4 is 0 Å². The Morgan fingerprint density at radius 2 is 2.00 bits per heavy atom. The van der Waals surface area contributed by atoms with Gasteiger partial charge in [-0.3, -0.25) is 4.79 Å². The Morgan fingerprint density at radius 1 is 1.25 bits per heavy atom. The first-order chi connectivity index (χ1) is 9.33. The second-order valence-corrected chi connectivity index (χ2v) is 5.85. The number of aromatic nitrogens is 3. The van der Waals surface area contributed by atoms with Crippen LogP contribution in [0, 0.1) is 6.92 Å². The van der Waals surface area contributed by atoms with Crippen molar-refractivity contribution in [2.45, 2.75) is 39.8 Å². The molecule has 0 aliphatic rings. The van der Waals surface area contributed by atoms with Crippen LogP contribution in [-0.4, -0.2) is 20.5 Å². The molecule has 0 spiro atoms. The van der Waals surface area contributed by atoms with Crippen molar-refractivity contribution in [1.29, 1.82) is 0 Å². The molecule has 0 amide bonds. The predicted molar refractivity (Wildman–Crippen MR) is 79.4 cm³/mol. The van der Waals surface area contributed by atoms with E-state index in [1.807, 2.05) is 25.1 Å². The van der Waals surface area contributed by atoms with Crippen LogP contribution in [0.5, 0.6) is 0 Å². The van der Waals surface area contributed by atoms with Gasteiger partial charge in [0.1, 0.15) is 5.69 Å². The van der Waals surface area contributed by atoms with Crippen LogP contribution < -0.4 is 10.9 Å². The first-order valence-electron chi connectivity index (χ1n) is 6.63. The average molecular weight is 272 g/mol. The largest absolute Gasteiger partial charge is 0.306 e. The number of nitrogens with one attached hydrogen (secondary N) is 2. The van der Waals surface area contributed by atoms with E-state index < -0.39 is 0 Å². The molecule has 2 heterocycles. The summed E-state index contributed by atoms with van der Waals surface area (Å²) in [7, 11) is 0. The molecule has 0 fully saturated rings. The fraction of sp³-hybridized carbons (Fsp3) is 0.400. The Bertz CT molecular complexity index is 655. The molecule has 0 atom stereocenters. The third kappa shape index (κ3) is 3.99. The van der Waals surface area contributed by atoms with E-state index in [2.05, 4.69) is 41.0 Å². The van der Waals surface area contributed by atoms with Crippen molar-refractivity contribution in [3.8, 4) is 11.5 Å². The smallest absolute Gasteiger partial charge is 0.251 e. The van der Waals surface area contributed by atoms with Gasteiger partial charge in [-0.05, 0) is 39.8 Å². The lowest BCUT2D eigenvalue weighted by atomic mass is 10.1. The van der Waals surface area contributed by atoms with Gasteiger partial charge in [0.2, 0.25) is 0 Å². The van der Waals surface area contributed by atoms with Gasteiger partial charge < -0.3 is 10.3 Å². The van der Waals surface area contributed by atoms with Crippen LogP contribution in [0.15, 0.2) is 29.1 Å². The summed E-state index contributed by atoms with van der Waals surface area (Å²) in [6.45, 7) is 8.68. The topological polar surface area (TPSA) is 70.7 Å². The molecule has 106 valence electrons. The first kappa shape index (κ1) is 14.4. The molecule has 0 aliphatic carbocycles. The van der Waals surface area contributed by atoms with Crippen molar-refractivity contribution in [2.24, 2.45) is 0 Å². The molecular formula is C15H20N4O. The van der Waals surface area contributed by atoms with E-state index in [0.29, 0.717) is 23.8 Å². The van der Waals surface area contributed by atoms with Crippen LogP contribution >= 0.6 is 0 Å². The Kier molecular flexibility index (Phi) is 3.99. The molecular weight excluding hydrogens is 252 g/mol. The van der Waals surface area contributed by atoms with Gasteiger partial charge in [-0.25, -0.2) is 9.97 Å². The van der Waals surface area contributed by atoms with Crippen LogP contribution in [0.2, 0.25) is 0 Å². The normalized spacial score (nSPS) is 11.6. The lowest BCUT2D eigenvalue weighted by Crippen LogP contribution is -2.35. The second-order valence-electron chi connectivity index (χ2n) is 5.85. The van der Waals surface area contributed by atoms with Gasteiger partial charge in [0.05, 0.1) is 5.69 Å². The zero-order valence-electron chi connectivity index (χ0n) is 12.3. The van der Waals surface area contributed by atoms with Gasteiger partial charge in [-0.15, -0.1) is 0 Å². The molecule has 5 heteroatoms. The predicted octanol–water partition coefficient (Wildman–Crippen LogP) is 2.03. The molecule has 0 saturated heterocycles. The van der Waals surface area contributed by atoms with E-state index in [-0.39, 0.29) is 11.1 Å². The van der Waals surface area contributed by atoms with Gasteiger partial charge in [-0.1, -0.05) is 6.07 Å². The zero-order valence-corrected chi connectivity index (χ0v) is 12.3. The molecule has 2 aromatic heterocycles. The van der Waals surface area contributed by atoms with Crippen molar-refractivity contribution < 1.29 is 0 Å². The fourth-order valence-electron chi connectivity index (χ4n) is 1.75. The lowest BCUT2D eigenvalue weighted by molar-refractivity contribution is 0.421. The van der Waals surface area contributed by atoms with E-state index in [9.17, 15) is 4.79 Å². The zero-order chi connectivity index (χ0) is 14.8. The third-order valence-corrected chi connectivity index (χ3v) is 2.73. The van der Waals surface area contributed by atoms with Crippen molar-refractivity contribution in [1.82, 2.24) is 20.3 Å². The van der Waals surface area contributed by atoms with Gasteiger partial charge >= 0.3 is 0 Å². The van der Waals surface area contributed by atoms with Crippen LogP contribution in [0.3, 0.4) is 0 Å². The summed E-state index contributed by atoms with van der Waals surface area (Å²) in [5.41, 5.74) is 2.10. The number of aromatic amines is 1. The third-order valence-electron chi connectivity index (χ3n) is 2.73. The number of hydrogen-bond donors (Lipinski definition) is 2. The molecule has 2 rings (SSSR count). The molecule has 0 bridgehead atoms. The molecule has 0 aromatic carbocycles. The van der Waals surface area contributed by atoms with E-state index in [0.717, 1.165) is 5.69 Å². The first-order valence-corrected chi connectivity index (χ1v) is 6.63. The van der Waals surface area contributed by atoms with Gasteiger partial charge in [0, 0.05) is 23.8 Å². The second kappa shape index (κ2) is 5.54. The highest BCUT2D eigenvalue weighted by atomic mass is 16.1. The monoisotopic (exact) mass is 272 g/mol. The van der Waals surface area contributed by atoms with Crippen LogP contribution in [-0.2, 0) is 6.54 Å². The summed E-state index contributed by atoms with van der Waals surface area (Å²) in [5.74, 6) is 0.506. The lowest BCUT2D eigenvalue weighted by Gasteiger charge is -2.20. The summed E-state index contributed by atoms with van der Waals surface area (Å²) in [4.78, 5) is 23.3. The highest BCUT2D eigenvalue weighted by Gasteiger charge is 2.11. The molecule has 20 heavy (non-hydrogen) atoms. The summed E-state index contributed by atoms with van der Waals surface area (Å²) < 4.78 is 0. The van der Waals surface area contributed by atoms with Crippen molar-refractivity contribution in [2.75, 3.05) is 0 Å². The summed E-state index contributed by atoms with van der Waals surface area (Å²) in [6.07, 6.45) is 0. The SMILES string of the molecule is Cc1cccc(-c2nc(CNC(C)(C)C)cc(=O)[nH]2)n1. The molecule has 2 N–H and O–H groups in total. The molecule has 0 aliphatic heterocycles. The summed E-state index contributed by atoms with van der Waals surface area (Å²) in [6, 6.07) is 7.16. The maximum Gasteiger partial charge on any atom is 0.251 e. The van der Waals surface area contributed by atoms with Crippen molar-refractivity contribution in [3.05, 3.63) is 46.0 Å². The average Bonchev–Trinajstić information content (AvgIpc) is 2.35. The molecule has 5 nitrogen and oxygen atoms in total. The minimum absolute atomic E-state index is 0.0218. The molecule has 0 radical (unpaired) electrons. The van der Waals surface area contributed by atoms with Crippen molar-refractivity contribution in [3.63, 3.8) is 0 Å². The minimum atomic E-state index is -0.163. The highest BCUT2D eigenvalue weighted by Crippen LogP contribution is 2.11. The Hall–Kier alpha value is -2.01. The van der Waals surface area contributed by atoms with Crippen LogP contribution in [0.4, 0.5) is 0 Å². The highest BCUT2D eigenvalue weighted by molar-refractivity contribution is 5.48. The summed E-state index contributed by atoms with van der Waals surface area (Å²) in [5, 5.41) is 3.32. The van der Waals surface area contributed by atoms with E-state index in [1.54, 1.807) is 0 Å². The molecule has 2 aromatic rings. The van der Waals surface area contributed by atoms with E-state index >= 15 is 0 Å². The molecule has 0 unspecified atom stereocenters. The van der Waals surface area contributed by atoms with Gasteiger partial charge in [0.15, 0.2) is 5.82 Å². The van der Waals surface area contributed by atoms with Crippen LogP contribution in [0.25, 0.3) is 11.5 Å². The number of rotatable bonds is 3. The Morgan fingerprint density at radius 3 is 2.65 bits per heavy atom. The van der Waals surface area contributed by atoms with E-state index in [4.69, 9.17) is 0 Å². The van der Waals surface area contributed by atoms with Crippen LogP contribution in [0.1, 0.15) is 32.2 Å².